The third kappa shape index (κ3) is 4.38. The molecule has 1 N–H and O–H groups in total. The van der Waals surface area contributed by atoms with Gasteiger partial charge in [-0.2, -0.15) is 0 Å². The molecule has 0 bridgehead atoms. The topological polar surface area (TPSA) is 48.8 Å². The number of rotatable bonds is 7. The van der Waals surface area contributed by atoms with Crippen molar-refractivity contribution in [1.29, 1.82) is 0 Å². The summed E-state index contributed by atoms with van der Waals surface area (Å²) in [5.41, 5.74) is 0.966. The molecule has 1 fully saturated rings. The summed E-state index contributed by atoms with van der Waals surface area (Å²) in [7, 11) is 3.68. The molecule has 1 aliphatic heterocycles. The number of likely N-dealkylation sites (tertiary alicyclic amines) is 1. The number of pyridine rings is 1. The van der Waals surface area contributed by atoms with Crippen molar-refractivity contribution in [3.05, 3.63) is 59.5 Å². The summed E-state index contributed by atoms with van der Waals surface area (Å²) >= 11 is 0. The van der Waals surface area contributed by atoms with Crippen molar-refractivity contribution in [3.8, 4) is 0 Å². The number of aromatic nitrogens is 1. The minimum absolute atomic E-state index is 0.283. The van der Waals surface area contributed by atoms with Crippen LogP contribution in [0.3, 0.4) is 0 Å². The fourth-order valence-electron chi connectivity index (χ4n) is 3.34. The highest BCUT2D eigenvalue weighted by atomic mass is 19.1. The van der Waals surface area contributed by atoms with E-state index in [1.165, 1.54) is 12.1 Å². The Morgan fingerprint density at radius 2 is 2.04 bits per heavy atom. The first-order chi connectivity index (χ1) is 12.5. The molecule has 0 amide bonds. The first kappa shape index (κ1) is 18.8. The maximum atomic E-state index is 13.1. The second-order valence-electron chi connectivity index (χ2n) is 6.94. The Bertz CT molecular complexity index is 708. The van der Waals surface area contributed by atoms with E-state index in [0.717, 1.165) is 36.6 Å². The van der Waals surface area contributed by atoms with Crippen LogP contribution < -0.4 is 4.90 Å². The number of likely N-dealkylation sites (N-methyl/N-ethyl adjacent to an activating group) is 1. The molecule has 3 rings (SSSR count). The number of ether oxygens (including phenoxy) is 1. The van der Waals surface area contributed by atoms with Crippen molar-refractivity contribution >= 4 is 5.82 Å². The Kier molecular flexibility index (Phi) is 5.86. The van der Waals surface area contributed by atoms with E-state index in [4.69, 9.17) is 4.74 Å². The van der Waals surface area contributed by atoms with Crippen molar-refractivity contribution in [1.82, 2.24) is 9.88 Å². The summed E-state index contributed by atoms with van der Waals surface area (Å²) < 4.78 is 18.2. The molecule has 6 heteroatoms. The fourth-order valence-corrected chi connectivity index (χ4v) is 3.34. The Morgan fingerprint density at radius 1 is 1.27 bits per heavy atom. The zero-order valence-corrected chi connectivity index (χ0v) is 15.4. The third-order valence-corrected chi connectivity index (χ3v) is 4.95. The standard InChI is InChI=1S/C20H26FN3O2/c1-23(11-12-26-2)19-8-3-16(13-22-19)14-24-10-9-20(25,15-24)17-4-6-18(21)7-5-17/h3-8,13,25H,9-12,14-15H2,1-2H3. The minimum Gasteiger partial charge on any atom is -0.384 e. The van der Waals surface area contributed by atoms with E-state index < -0.39 is 5.60 Å². The molecule has 1 aliphatic rings. The van der Waals surface area contributed by atoms with Crippen molar-refractivity contribution in [2.45, 2.75) is 18.6 Å². The molecule has 0 radical (unpaired) electrons. The maximum Gasteiger partial charge on any atom is 0.128 e. The number of β-amino-alcohol motifs (C(OH)–C–C–N with tert-alkyl or cyclic N) is 1. The average Bonchev–Trinajstić information content (AvgIpc) is 3.02. The lowest BCUT2D eigenvalue weighted by atomic mass is 9.93. The molecule has 1 aromatic heterocycles. The van der Waals surface area contributed by atoms with Crippen molar-refractivity contribution in [2.75, 3.05) is 45.3 Å². The number of hydrogen-bond acceptors (Lipinski definition) is 5. The smallest absolute Gasteiger partial charge is 0.128 e. The van der Waals surface area contributed by atoms with E-state index in [1.807, 2.05) is 19.3 Å². The van der Waals surface area contributed by atoms with Gasteiger partial charge in [-0.25, -0.2) is 9.37 Å². The number of benzene rings is 1. The van der Waals surface area contributed by atoms with E-state index in [2.05, 4.69) is 20.9 Å². The van der Waals surface area contributed by atoms with E-state index in [1.54, 1.807) is 19.2 Å². The van der Waals surface area contributed by atoms with E-state index in [9.17, 15) is 9.50 Å². The zero-order chi connectivity index (χ0) is 18.6. The van der Waals surface area contributed by atoms with E-state index >= 15 is 0 Å². The van der Waals surface area contributed by atoms with Crippen LogP contribution in [0.4, 0.5) is 10.2 Å². The Balaban J connectivity index is 1.59. The summed E-state index contributed by atoms with van der Waals surface area (Å²) in [4.78, 5) is 8.77. The number of methoxy groups -OCH3 is 1. The monoisotopic (exact) mass is 359 g/mol. The van der Waals surface area contributed by atoms with Crippen LogP contribution in [0.1, 0.15) is 17.5 Å². The van der Waals surface area contributed by atoms with Gasteiger partial charge in [0.1, 0.15) is 17.2 Å². The second-order valence-corrected chi connectivity index (χ2v) is 6.94. The molecule has 140 valence electrons. The highest BCUT2D eigenvalue weighted by molar-refractivity contribution is 5.38. The summed E-state index contributed by atoms with van der Waals surface area (Å²) in [6.45, 7) is 3.52. The lowest BCUT2D eigenvalue weighted by molar-refractivity contribution is 0.0452. The summed E-state index contributed by atoms with van der Waals surface area (Å²) in [6.07, 6.45) is 2.53. The van der Waals surface area contributed by atoms with Crippen molar-refractivity contribution < 1.29 is 14.2 Å². The molecule has 1 saturated heterocycles. The van der Waals surface area contributed by atoms with Gasteiger partial charge in [0, 0.05) is 46.5 Å². The Labute approximate surface area is 154 Å². The molecule has 0 aliphatic carbocycles. The quantitative estimate of drug-likeness (QED) is 0.823. The lowest BCUT2D eigenvalue weighted by Gasteiger charge is -2.24. The van der Waals surface area contributed by atoms with Gasteiger partial charge in [-0.1, -0.05) is 18.2 Å². The summed E-state index contributed by atoms with van der Waals surface area (Å²) in [6, 6.07) is 10.2. The molecule has 26 heavy (non-hydrogen) atoms. The molecular weight excluding hydrogens is 333 g/mol. The molecule has 1 atom stereocenters. The predicted octanol–water partition coefficient (Wildman–Crippen LogP) is 2.40. The van der Waals surface area contributed by atoms with Gasteiger partial charge in [0.05, 0.1) is 6.61 Å². The Morgan fingerprint density at radius 3 is 2.69 bits per heavy atom. The number of anilines is 1. The van der Waals surface area contributed by atoms with Crippen LogP contribution in [0.25, 0.3) is 0 Å². The lowest BCUT2D eigenvalue weighted by Crippen LogP contribution is -2.30. The molecule has 5 nitrogen and oxygen atoms in total. The number of halogens is 1. The van der Waals surface area contributed by atoms with Crippen molar-refractivity contribution in [2.24, 2.45) is 0 Å². The largest absolute Gasteiger partial charge is 0.384 e. The first-order valence-corrected chi connectivity index (χ1v) is 8.86. The first-order valence-electron chi connectivity index (χ1n) is 8.86. The summed E-state index contributed by atoms with van der Waals surface area (Å²) in [5.74, 6) is 0.629. The van der Waals surface area contributed by atoms with Gasteiger partial charge < -0.3 is 14.7 Å². The molecule has 1 unspecified atom stereocenters. The third-order valence-electron chi connectivity index (χ3n) is 4.95. The summed E-state index contributed by atoms with van der Waals surface area (Å²) in [5, 5.41) is 10.9. The SMILES string of the molecule is COCCN(C)c1ccc(CN2CCC(O)(c3ccc(F)cc3)C2)cn1. The average molecular weight is 359 g/mol. The van der Waals surface area contributed by atoms with Crippen LogP contribution in [0.2, 0.25) is 0 Å². The van der Waals surface area contributed by atoms with Crippen molar-refractivity contribution in [3.63, 3.8) is 0 Å². The van der Waals surface area contributed by atoms with Gasteiger partial charge in [-0.05, 0) is 35.7 Å². The molecule has 0 spiro atoms. The van der Waals surface area contributed by atoms with Crippen LogP contribution in [0.5, 0.6) is 0 Å². The number of aliphatic hydroxyl groups is 1. The number of hydrogen-bond donors (Lipinski definition) is 1. The Hall–Kier alpha value is -2.02. The van der Waals surface area contributed by atoms with Crippen LogP contribution >= 0.6 is 0 Å². The molecule has 2 heterocycles. The van der Waals surface area contributed by atoms with Crippen LogP contribution in [0.15, 0.2) is 42.6 Å². The molecule has 0 saturated carbocycles. The highest BCUT2D eigenvalue weighted by Gasteiger charge is 2.37. The number of nitrogens with zero attached hydrogens (tertiary/aromatic N) is 3. The molecule has 2 aromatic rings. The zero-order valence-electron chi connectivity index (χ0n) is 15.4. The molecule has 1 aromatic carbocycles. The molecular formula is C20H26FN3O2. The van der Waals surface area contributed by atoms with E-state index in [0.29, 0.717) is 19.6 Å². The maximum absolute atomic E-state index is 13.1. The minimum atomic E-state index is -0.915. The van der Waals surface area contributed by atoms with Gasteiger partial charge in [-0.3, -0.25) is 4.90 Å². The van der Waals surface area contributed by atoms with Gasteiger partial charge in [-0.15, -0.1) is 0 Å². The van der Waals surface area contributed by atoms with Crippen LogP contribution in [0, 0.1) is 5.82 Å². The van der Waals surface area contributed by atoms with Gasteiger partial charge in [0.25, 0.3) is 0 Å². The highest BCUT2D eigenvalue weighted by Crippen LogP contribution is 2.32. The normalized spacial score (nSPS) is 20.5. The fraction of sp³-hybridized carbons (Fsp3) is 0.450. The van der Waals surface area contributed by atoms with Crippen LogP contribution in [-0.2, 0) is 16.9 Å². The second kappa shape index (κ2) is 8.12. The predicted molar refractivity (Wildman–Crippen MR) is 99.6 cm³/mol. The van der Waals surface area contributed by atoms with E-state index in [-0.39, 0.29) is 5.82 Å². The van der Waals surface area contributed by atoms with Gasteiger partial charge in [0.2, 0.25) is 0 Å². The van der Waals surface area contributed by atoms with Gasteiger partial charge in [0.15, 0.2) is 0 Å². The van der Waals surface area contributed by atoms with Crippen LogP contribution in [-0.4, -0.2) is 55.4 Å². The van der Waals surface area contributed by atoms with Gasteiger partial charge >= 0.3 is 0 Å².